The van der Waals surface area contributed by atoms with Crippen molar-refractivity contribution in [2.24, 2.45) is 0 Å². The van der Waals surface area contributed by atoms with Crippen LogP contribution in [0.2, 0.25) is 0 Å². The van der Waals surface area contributed by atoms with E-state index in [9.17, 15) is 4.79 Å². The Morgan fingerprint density at radius 2 is 2.33 bits per heavy atom. The summed E-state index contributed by atoms with van der Waals surface area (Å²) in [7, 11) is 1.97. The van der Waals surface area contributed by atoms with Crippen LogP contribution in [0.15, 0.2) is 0 Å². The molecule has 0 aliphatic carbocycles. The van der Waals surface area contributed by atoms with E-state index in [-0.39, 0.29) is 10.7 Å². The number of carbonyl (C=O) groups is 1. The fourth-order valence-corrected chi connectivity index (χ4v) is 4.53. The highest BCUT2D eigenvalue weighted by Gasteiger charge is 2.30. The molecule has 0 radical (unpaired) electrons. The minimum atomic E-state index is -0.102. The molecule has 1 saturated heterocycles. The van der Waals surface area contributed by atoms with Gasteiger partial charge in [0.25, 0.3) is 5.91 Å². The number of nitrogens with one attached hydrogen (secondary N) is 1. The summed E-state index contributed by atoms with van der Waals surface area (Å²) in [5.74, 6) is 1.41. The fraction of sp³-hybridized carbons (Fsp3) is 0.714. The Kier molecular flexibility index (Phi) is 5.37. The third-order valence-electron chi connectivity index (χ3n) is 3.66. The molecular weight excluding hydrogens is 304 g/mol. The maximum Gasteiger partial charge on any atom is 0.265 e. The zero-order valence-corrected chi connectivity index (χ0v) is 14.6. The Labute approximate surface area is 134 Å². The molecule has 1 fully saturated rings. The van der Waals surface area contributed by atoms with Crippen LogP contribution in [-0.2, 0) is 0 Å². The molecule has 0 spiro atoms. The molecule has 0 bridgehead atoms. The molecule has 7 heteroatoms. The standard InChI is InChI=1S/C14H24N4OS2/c1-4-7-18(3)13-17-11(15)10(21-13)12(19)16-9-14(2)6-5-8-20-14/h4-9,15H2,1-3H3,(H,16,19). The zero-order chi connectivity index (χ0) is 15.5. The molecule has 2 rings (SSSR count). The lowest BCUT2D eigenvalue weighted by atomic mass is 10.1. The maximum atomic E-state index is 12.3. The number of thiazole rings is 1. The van der Waals surface area contributed by atoms with E-state index in [0.717, 1.165) is 24.5 Å². The van der Waals surface area contributed by atoms with Gasteiger partial charge in [-0.1, -0.05) is 18.3 Å². The van der Waals surface area contributed by atoms with Gasteiger partial charge in [-0.3, -0.25) is 4.79 Å². The van der Waals surface area contributed by atoms with Crippen LogP contribution in [0.25, 0.3) is 0 Å². The van der Waals surface area contributed by atoms with Crippen LogP contribution in [-0.4, -0.2) is 41.5 Å². The molecule has 1 aromatic heterocycles. The third kappa shape index (κ3) is 4.03. The maximum absolute atomic E-state index is 12.3. The Morgan fingerprint density at radius 3 is 2.95 bits per heavy atom. The molecule has 5 nitrogen and oxygen atoms in total. The van der Waals surface area contributed by atoms with Crippen molar-refractivity contribution in [1.82, 2.24) is 10.3 Å². The Morgan fingerprint density at radius 1 is 1.57 bits per heavy atom. The van der Waals surface area contributed by atoms with Crippen LogP contribution < -0.4 is 16.0 Å². The van der Waals surface area contributed by atoms with Crippen LogP contribution in [0.4, 0.5) is 10.9 Å². The number of hydrogen-bond acceptors (Lipinski definition) is 6. The quantitative estimate of drug-likeness (QED) is 0.840. The number of aromatic nitrogens is 1. The van der Waals surface area contributed by atoms with E-state index in [4.69, 9.17) is 5.73 Å². The lowest BCUT2D eigenvalue weighted by molar-refractivity contribution is 0.0954. The summed E-state index contributed by atoms with van der Waals surface area (Å²) in [5.41, 5.74) is 5.90. The molecule has 3 N–H and O–H groups in total. The van der Waals surface area contributed by atoms with Crippen molar-refractivity contribution in [2.75, 3.05) is 36.5 Å². The number of hydrogen-bond donors (Lipinski definition) is 2. The lowest BCUT2D eigenvalue weighted by Crippen LogP contribution is -2.36. The van der Waals surface area contributed by atoms with Gasteiger partial charge in [-0.2, -0.15) is 11.8 Å². The minimum Gasteiger partial charge on any atom is -0.382 e. The average Bonchev–Trinajstić information content (AvgIpc) is 3.04. The number of nitrogen functional groups attached to an aromatic ring is 1. The Bertz CT molecular complexity index is 497. The minimum absolute atomic E-state index is 0.102. The normalized spacial score (nSPS) is 21.5. The van der Waals surface area contributed by atoms with Gasteiger partial charge in [-0.05, 0) is 31.9 Å². The monoisotopic (exact) mass is 328 g/mol. The summed E-state index contributed by atoms with van der Waals surface area (Å²) in [6.45, 7) is 5.92. The fourth-order valence-electron chi connectivity index (χ4n) is 2.40. The number of amides is 1. The van der Waals surface area contributed by atoms with Gasteiger partial charge in [0.05, 0.1) is 0 Å². The van der Waals surface area contributed by atoms with Crippen molar-refractivity contribution in [1.29, 1.82) is 0 Å². The zero-order valence-electron chi connectivity index (χ0n) is 12.9. The van der Waals surface area contributed by atoms with Crippen LogP contribution in [0.1, 0.15) is 42.8 Å². The number of rotatable bonds is 6. The molecule has 1 aliphatic rings. The molecule has 1 aliphatic heterocycles. The highest BCUT2D eigenvalue weighted by Crippen LogP contribution is 2.37. The summed E-state index contributed by atoms with van der Waals surface area (Å²) in [6.07, 6.45) is 3.42. The van der Waals surface area contributed by atoms with Crippen molar-refractivity contribution >= 4 is 40.0 Å². The Balaban J connectivity index is 1.99. The molecule has 1 unspecified atom stereocenters. The number of nitrogens with two attached hydrogens (primary N) is 1. The van der Waals surface area contributed by atoms with Crippen molar-refractivity contribution in [3.63, 3.8) is 0 Å². The highest BCUT2D eigenvalue weighted by atomic mass is 32.2. The average molecular weight is 329 g/mol. The predicted octanol–water partition coefficient (Wildman–Crippen LogP) is 2.59. The van der Waals surface area contributed by atoms with Gasteiger partial charge < -0.3 is 16.0 Å². The first-order chi connectivity index (χ1) is 9.95. The topological polar surface area (TPSA) is 71.2 Å². The van der Waals surface area contributed by atoms with Gasteiger partial charge in [0.15, 0.2) is 5.13 Å². The molecule has 0 aromatic carbocycles. The first-order valence-electron chi connectivity index (χ1n) is 7.35. The first kappa shape index (κ1) is 16.4. The van der Waals surface area contributed by atoms with Gasteiger partial charge in [-0.15, -0.1) is 0 Å². The van der Waals surface area contributed by atoms with Crippen LogP contribution in [0.3, 0.4) is 0 Å². The van der Waals surface area contributed by atoms with Crippen LogP contribution >= 0.6 is 23.1 Å². The van der Waals surface area contributed by atoms with E-state index in [1.165, 1.54) is 23.5 Å². The van der Waals surface area contributed by atoms with E-state index in [0.29, 0.717) is 17.2 Å². The van der Waals surface area contributed by atoms with Gasteiger partial charge in [-0.25, -0.2) is 4.98 Å². The largest absolute Gasteiger partial charge is 0.382 e. The summed E-state index contributed by atoms with van der Waals surface area (Å²) in [4.78, 5) is 19.2. The second-order valence-electron chi connectivity index (χ2n) is 5.72. The van der Waals surface area contributed by atoms with Crippen LogP contribution in [0, 0.1) is 0 Å². The number of anilines is 2. The number of thioether (sulfide) groups is 1. The van der Waals surface area contributed by atoms with E-state index in [1.807, 2.05) is 23.7 Å². The third-order valence-corrected chi connectivity index (χ3v) is 6.38. The highest BCUT2D eigenvalue weighted by molar-refractivity contribution is 8.00. The van der Waals surface area contributed by atoms with Gasteiger partial charge in [0.2, 0.25) is 0 Å². The molecule has 21 heavy (non-hydrogen) atoms. The molecule has 1 amide bonds. The van der Waals surface area contributed by atoms with Crippen LogP contribution in [0.5, 0.6) is 0 Å². The van der Waals surface area contributed by atoms with E-state index in [2.05, 4.69) is 24.1 Å². The SMILES string of the molecule is CCCN(C)c1nc(N)c(C(=O)NCC2(C)CCCS2)s1. The molecule has 2 heterocycles. The van der Waals surface area contributed by atoms with Gasteiger partial charge in [0.1, 0.15) is 10.7 Å². The van der Waals surface area contributed by atoms with E-state index in [1.54, 1.807) is 0 Å². The van der Waals surface area contributed by atoms with E-state index < -0.39 is 0 Å². The Hall–Kier alpha value is -0.950. The predicted molar refractivity (Wildman–Crippen MR) is 92.5 cm³/mol. The van der Waals surface area contributed by atoms with Crippen molar-refractivity contribution in [3.8, 4) is 0 Å². The summed E-state index contributed by atoms with van der Waals surface area (Å²) < 4.78 is 0.164. The summed E-state index contributed by atoms with van der Waals surface area (Å²) in [5, 5.41) is 3.83. The summed E-state index contributed by atoms with van der Waals surface area (Å²) >= 11 is 3.30. The van der Waals surface area contributed by atoms with Crippen molar-refractivity contribution < 1.29 is 4.79 Å². The lowest BCUT2D eigenvalue weighted by Gasteiger charge is -2.22. The number of nitrogens with zero attached hydrogens (tertiary/aromatic N) is 2. The number of carbonyl (C=O) groups excluding carboxylic acids is 1. The van der Waals surface area contributed by atoms with Crippen molar-refractivity contribution in [2.45, 2.75) is 37.9 Å². The smallest absolute Gasteiger partial charge is 0.265 e. The van der Waals surface area contributed by atoms with Crippen molar-refractivity contribution in [3.05, 3.63) is 4.88 Å². The second kappa shape index (κ2) is 6.87. The molecular formula is C14H24N4OS2. The first-order valence-corrected chi connectivity index (χ1v) is 9.15. The van der Waals surface area contributed by atoms with E-state index >= 15 is 0 Å². The van der Waals surface area contributed by atoms with Gasteiger partial charge in [0, 0.05) is 24.9 Å². The summed E-state index contributed by atoms with van der Waals surface area (Å²) in [6, 6.07) is 0. The molecule has 0 saturated carbocycles. The van der Waals surface area contributed by atoms with Gasteiger partial charge >= 0.3 is 0 Å². The molecule has 118 valence electrons. The molecule has 1 atom stereocenters. The second-order valence-corrected chi connectivity index (χ2v) is 8.38. The molecule has 1 aromatic rings.